The van der Waals surface area contributed by atoms with Crippen LogP contribution in [-0.4, -0.2) is 32.0 Å². The van der Waals surface area contributed by atoms with Crippen LogP contribution in [0.3, 0.4) is 0 Å². The van der Waals surface area contributed by atoms with Crippen LogP contribution in [0.1, 0.15) is 44.9 Å². The second-order valence-corrected chi connectivity index (χ2v) is 6.88. The lowest BCUT2D eigenvalue weighted by Crippen LogP contribution is -2.44. The number of amides is 1. The van der Waals surface area contributed by atoms with Gasteiger partial charge in [0.15, 0.2) is 5.96 Å². The highest BCUT2D eigenvalue weighted by molar-refractivity contribution is 5.82. The van der Waals surface area contributed by atoms with Gasteiger partial charge < -0.3 is 16.0 Å². The zero-order valence-electron chi connectivity index (χ0n) is 15.5. The smallest absolute Gasteiger partial charge is 0.225 e. The van der Waals surface area contributed by atoms with Crippen molar-refractivity contribution in [3.63, 3.8) is 0 Å². The lowest BCUT2D eigenvalue weighted by Gasteiger charge is -2.20. The van der Waals surface area contributed by atoms with E-state index in [-0.39, 0.29) is 17.8 Å². The van der Waals surface area contributed by atoms with Gasteiger partial charge in [-0.25, -0.2) is 4.39 Å². The third kappa shape index (κ3) is 6.18. The Bertz CT molecular complexity index is 593. The minimum atomic E-state index is -0.399. The van der Waals surface area contributed by atoms with Crippen molar-refractivity contribution in [1.82, 2.24) is 16.0 Å². The van der Waals surface area contributed by atoms with Crippen molar-refractivity contribution in [2.75, 3.05) is 20.1 Å². The number of rotatable bonds is 5. The lowest BCUT2D eigenvalue weighted by molar-refractivity contribution is -0.128. The molecule has 0 saturated heterocycles. The largest absolute Gasteiger partial charge is 0.355 e. The van der Waals surface area contributed by atoms with Crippen LogP contribution in [0.5, 0.6) is 0 Å². The van der Waals surface area contributed by atoms with Gasteiger partial charge in [0.1, 0.15) is 5.82 Å². The third-order valence-electron chi connectivity index (χ3n) is 3.66. The summed E-state index contributed by atoms with van der Waals surface area (Å²) in [5.41, 5.74) is 1.08. The van der Waals surface area contributed by atoms with E-state index in [2.05, 4.69) is 20.9 Å². The Labute approximate surface area is 144 Å². The van der Waals surface area contributed by atoms with Crippen LogP contribution in [0.2, 0.25) is 0 Å². The maximum atomic E-state index is 13.7. The molecule has 1 rings (SSSR count). The predicted molar refractivity (Wildman–Crippen MR) is 96.5 cm³/mol. The first-order valence-corrected chi connectivity index (χ1v) is 8.16. The Kier molecular flexibility index (Phi) is 7.19. The fourth-order valence-electron chi connectivity index (χ4n) is 1.98. The monoisotopic (exact) mass is 336 g/mol. The number of nitrogens with one attached hydrogen (secondary N) is 3. The molecule has 1 amide bonds. The van der Waals surface area contributed by atoms with Crippen molar-refractivity contribution < 1.29 is 9.18 Å². The summed E-state index contributed by atoms with van der Waals surface area (Å²) in [4.78, 5) is 15.9. The molecule has 0 saturated carbocycles. The predicted octanol–water partition coefficient (Wildman–Crippen LogP) is 2.52. The lowest BCUT2D eigenvalue weighted by atomic mass is 9.96. The molecule has 0 aromatic heterocycles. The van der Waals surface area contributed by atoms with Crippen LogP contribution in [-0.2, 0) is 4.79 Å². The number of carbonyl (C=O) groups excluding carboxylic acids is 1. The quantitative estimate of drug-likeness (QED) is 0.440. The maximum Gasteiger partial charge on any atom is 0.225 e. The third-order valence-corrected chi connectivity index (χ3v) is 3.66. The van der Waals surface area contributed by atoms with Crippen LogP contribution >= 0.6 is 0 Å². The molecule has 0 aliphatic carbocycles. The van der Waals surface area contributed by atoms with Crippen molar-refractivity contribution in [2.45, 2.75) is 40.7 Å². The van der Waals surface area contributed by atoms with Crippen molar-refractivity contribution in [1.29, 1.82) is 0 Å². The molecule has 0 aliphatic heterocycles. The van der Waals surface area contributed by atoms with E-state index >= 15 is 0 Å². The number of aryl methyl sites for hydroxylation is 1. The van der Waals surface area contributed by atoms with Crippen molar-refractivity contribution in [3.8, 4) is 0 Å². The first kappa shape index (κ1) is 19.9. The number of carbonyl (C=O) groups is 1. The molecule has 3 N–H and O–H groups in total. The first-order chi connectivity index (χ1) is 11.1. The van der Waals surface area contributed by atoms with Crippen LogP contribution in [0.15, 0.2) is 23.2 Å². The van der Waals surface area contributed by atoms with E-state index in [9.17, 15) is 9.18 Å². The molecular weight excluding hydrogens is 307 g/mol. The summed E-state index contributed by atoms with van der Waals surface area (Å²) in [6.07, 6.45) is 0. The number of nitrogens with zero attached hydrogens (tertiary/aromatic N) is 1. The van der Waals surface area contributed by atoms with Crippen LogP contribution in [0.25, 0.3) is 0 Å². The Hall–Kier alpha value is -2.11. The number of hydrogen-bond acceptors (Lipinski definition) is 2. The topological polar surface area (TPSA) is 65.5 Å². The molecule has 1 aromatic rings. The summed E-state index contributed by atoms with van der Waals surface area (Å²) < 4.78 is 13.7. The van der Waals surface area contributed by atoms with Crippen molar-refractivity contribution in [3.05, 3.63) is 35.1 Å². The minimum absolute atomic E-state index is 0.00995. The standard InChI is InChI=1S/C18H29FN4O/c1-12-7-8-14(11-15(12)19)13(2)23-17(20-6)22-10-9-21-16(24)18(3,4)5/h7-8,11,13H,9-10H2,1-6H3,(H,21,24)(H2,20,22,23). The van der Waals surface area contributed by atoms with Gasteiger partial charge in [0.2, 0.25) is 5.91 Å². The summed E-state index contributed by atoms with van der Waals surface area (Å²) in [5.74, 6) is 0.401. The minimum Gasteiger partial charge on any atom is -0.355 e. The zero-order valence-corrected chi connectivity index (χ0v) is 15.5. The van der Waals surface area contributed by atoms with Gasteiger partial charge in [-0.05, 0) is 31.0 Å². The fraction of sp³-hybridized carbons (Fsp3) is 0.556. The van der Waals surface area contributed by atoms with Gasteiger partial charge in [0, 0.05) is 25.6 Å². The second kappa shape index (κ2) is 8.66. The number of guanidine groups is 1. The Morgan fingerprint density at radius 3 is 2.42 bits per heavy atom. The van der Waals surface area contributed by atoms with Crippen LogP contribution < -0.4 is 16.0 Å². The van der Waals surface area contributed by atoms with E-state index in [1.807, 2.05) is 33.8 Å². The number of hydrogen-bond donors (Lipinski definition) is 3. The molecule has 0 fully saturated rings. The van der Waals surface area contributed by atoms with Gasteiger partial charge in [-0.1, -0.05) is 32.9 Å². The summed E-state index contributed by atoms with van der Waals surface area (Å²) in [6.45, 7) is 10.4. The summed E-state index contributed by atoms with van der Waals surface area (Å²) >= 11 is 0. The molecule has 1 atom stereocenters. The molecule has 134 valence electrons. The van der Waals surface area contributed by atoms with Crippen molar-refractivity contribution >= 4 is 11.9 Å². The summed E-state index contributed by atoms with van der Waals surface area (Å²) in [6, 6.07) is 5.10. The van der Waals surface area contributed by atoms with Crippen LogP contribution in [0, 0.1) is 18.2 Å². The highest BCUT2D eigenvalue weighted by Crippen LogP contribution is 2.16. The average Bonchev–Trinajstić information content (AvgIpc) is 2.51. The second-order valence-electron chi connectivity index (χ2n) is 6.88. The molecule has 1 aromatic carbocycles. The molecule has 6 heteroatoms. The van der Waals surface area contributed by atoms with E-state index in [0.717, 1.165) is 5.56 Å². The van der Waals surface area contributed by atoms with Gasteiger partial charge >= 0.3 is 0 Å². The fourth-order valence-corrected chi connectivity index (χ4v) is 1.98. The Morgan fingerprint density at radius 2 is 1.88 bits per heavy atom. The molecule has 0 spiro atoms. The van der Waals surface area contributed by atoms with Crippen LogP contribution in [0.4, 0.5) is 4.39 Å². The number of halogens is 1. The number of benzene rings is 1. The molecule has 0 radical (unpaired) electrons. The molecule has 0 aliphatic rings. The van der Waals surface area contributed by atoms with Gasteiger partial charge in [0.05, 0.1) is 6.04 Å². The van der Waals surface area contributed by atoms with Gasteiger partial charge in [-0.2, -0.15) is 0 Å². The Morgan fingerprint density at radius 1 is 1.25 bits per heavy atom. The molecule has 0 bridgehead atoms. The highest BCUT2D eigenvalue weighted by Gasteiger charge is 2.20. The molecular formula is C18H29FN4O. The zero-order chi connectivity index (χ0) is 18.3. The van der Waals surface area contributed by atoms with Gasteiger partial charge in [0.25, 0.3) is 0 Å². The maximum absolute atomic E-state index is 13.7. The van der Waals surface area contributed by atoms with Gasteiger partial charge in [-0.3, -0.25) is 9.79 Å². The molecule has 0 heterocycles. The highest BCUT2D eigenvalue weighted by atomic mass is 19.1. The van der Waals surface area contributed by atoms with E-state index in [1.165, 1.54) is 6.07 Å². The Balaban J connectivity index is 2.47. The van der Waals surface area contributed by atoms with E-state index < -0.39 is 5.41 Å². The van der Waals surface area contributed by atoms with E-state index in [4.69, 9.17) is 0 Å². The number of aliphatic imine (C=N–C) groups is 1. The average molecular weight is 336 g/mol. The van der Waals surface area contributed by atoms with Gasteiger partial charge in [-0.15, -0.1) is 0 Å². The first-order valence-electron chi connectivity index (χ1n) is 8.16. The SMILES string of the molecule is CN=C(NCCNC(=O)C(C)(C)C)NC(C)c1ccc(C)c(F)c1. The van der Waals surface area contributed by atoms with Crippen molar-refractivity contribution in [2.24, 2.45) is 10.4 Å². The molecule has 24 heavy (non-hydrogen) atoms. The molecule has 5 nitrogen and oxygen atoms in total. The van der Waals surface area contributed by atoms with E-state index in [0.29, 0.717) is 24.6 Å². The molecule has 1 unspecified atom stereocenters. The summed E-state index contributed by atoms with van der Waals surface area (Å²) in [5, 5.41) is 9.21. The van der Waals surface area contributed by atoms with E-state index in [1.54, 1.807) is 20.0 Å². The summed E-state index contributed by atoms with van der Waals surface area (Å²) in [7, 11) is 1.67. The normalized spacial score (nSPS) is 13.4.